The van der Waals surface area contributed by atoms with Crippen LogP contribution in [0.2, 0.25) is 0 Å². The molecule has 0 saturated heterocycles. The zero-order valence-electron chi connectivity index (χ0n) is 9.81. The molecular formula is C11H10Br2N4S. The molecule has 0 N–H and O–H groups in total. The summed E-state index contributed by atoms with van der Waals surface area (Å²) >= 11 is 8.71. The molecule has 0 amide bonds. The molecule has 0 saturated carbocycles. The van der Waals surface area contributed by atoms with E-state index in [0.717, 1.165) is 37.7 Å². The van der Waals surface area contributed by atoms with Gasteiger partial charge in [-0.15, -0.1) is 11.3 Å². The smallest absolute Gasteiger partial charge is 0.195 e. The summed E-state index contributed by atoms with van der Waals surface area (Å²) in [5, 5.41) is 7.32. The van der Waals surface area contributed by atoms with E-state index in [1.807, 2.05) is 30.1 Å². The maximum atomic E-state index is 4.66. The van der Waals surface area contributed by atoms with Crippen LogP contribution in [0.1, 0.15) is 17.1 Å². The molecule has 7 heteroatoms. The van der Waals surface area contributed by atoms with Gasteiger partial charge in [-0.25, -0.2) is 4.68 Å². The Kier molecular flexibility index (Phi) is 3.07. The predicted octanol–water partition coefficient (Wildman–Crippen LogP) is 3.86. The lowest BCUT2D eigenvalue weighted by atomic mass is 10.4. The SMILES string of the molecule is Cc1nn(-c2nc3sccn3c2CBr)c(C)c1Br. The van der Waals surface area contributed by atoms with E-state index in [1.165, 1.54) is 0 Å². The van der Waals surface area contributed by atoms with E-state index in [4.69, 9.17) is 0 Å². The number of hydrogen-bond donors (Lipinski definition) is 0. The molecule has 3 heterocycles. The Morgan fingerprint density at radius 3 is 2.78 bits per heavy atom. The van der Waals surface area contributed by atoms with Gasteiger partial charge in [0.2, 0.25) is 0 Å². The van der Waals surface area contributed by atoms with Gasteiger partial charge in [-0.05, 0) is 29.8 Å². The molecule has 18 heavy (non-hydrogen) atoms. The first-order chi connectivity index (χ1) is 8.63. The number of imidazole rings is 1. The van der Waals surface area contributed by atoms with Gasteiger partial charge in [0.25, 0.3) is 0 Å². The molecule has 0 fully saturated rings. The summed E-state index contributed by atoms with van der Waals surface area (Å²) in [7, 11) is 0. The van der Waals surface area contributed by atoms with Crippen molar-refractivity contribution in [2.24, 2.45) is 0 Å². The molecule has 0 spiro atoms. The van der Waals surface area contributed by atoms with E-state index in [2.05, 4.69) is 46.3 Å². The van der Waals surface area contributed by atoms with Crippen molar-refractivity contribution in [3.05, 3.63) is 33.1 Å². The van der Waals surface area contributed by atoms with Crippen molar-refractivity contribution < 1.29 is 0 Å². The van der Waals surface area contributed by atoms with Gasteiger partial charge in [0.05, 0.1) is 21.6 Å². The minimum absolute atomic E-state index is 0.746. The minimum Gasteiger partial charge on any atom is -0.292 e. The topological polar surface area (TPSA) is 35.1 Å². The van der Waals surface area contributed by atoms with Crippen molar-refractivity contribution in [3.63, 3.8) is 0 Å². The van der Waals surface area contributed by atoms with Crippen molar-refractivity contribution in [2.45, 2.75) is 19.2 Å². The molecule has 0 bridgehead atoms. The number of halogens is 2. The van der Waals surface area contributed by atoms with Crippen LogP contribution in [-0.4, -0.2) is 19.2 Å². The summed E-state index contributed by atoms with van der Waals surface area (Å²) in [6.07, 6.45) is 2.04. The van der Waals surface area contributed by atoms with Crippen LogP contribution >= 0.6 is 43.2 Å². The highest BCUT2D eigenvalue weighted by Gasteiger charge is 2.18. The number of alkyl halides is 1. The molecular weight excluding hydrogens is 380 g/mol. The summed E-state index contributed by atoms with van der Waals surface area (Å²) in [6.45, 7) is 4.02. The Morgan fingerprint density at radius 1 is 1.39 bits per heavy atom. The van der Waals surface area contributed by atoms with Crippen LogP contribution < -0.4 is 0 Å². The van der Waals surface area contributed by atoms with Gasteiger partial charge in [0.15, 0.2) is 10.8 Å². The van der Waals surface area contributed by atoms with Gasteiger partial charge in [0.1, 0.15) is 0 Å². The molecule has 0 aliphatic carbocycles. The molecule has 0 unspecified atom stereocenters. The normalized spacial score (nSPS) is 11.6. The van der Waals surface area contributed by atoms with E-state index in [-0.39, 0.29) is 0 Å². The van der Waals surface area contributed by atoms with Crippen molar-refractivity contribution >= 4 is 48.2 Å². The summed E-state index contributed by atoms with van der Waals surface area (Å²) < 4.78 is 5.04. The zero-order chi connectivity index (χ0) is 12.9. The van der Waals surface area contributed by atoms with Crippen molar-refractivity contribution in [2.75, 3.05) is 0 Å². The number of nitrogens with zero attached hydrogens (tertiary/aromatic N) is 4. The van der Waals surface area contributed by atoms with E-state index >= 15 is 0 Å². The fourth-order valence-corrected chi connectivity index (χ4v) is 3.44. The van der Waals surface area contributed by atoms with Gasteiger partial charge in [0, 0.05) is 16.9 Å². The zero-order valence-corrected chi connectivity index (χ0v) is 13.8. The van der Waals surface area contributed by atoms with Crippen LogP contribution in [0, 0.1) is 13.8 Å². The first kappa shape index (κ1) is 12.4. The summed E-state index contributed by atoms with van der Waals surface area (Å²) in [6, 6.07) is 0. The molecule has 3 aromatic rings. The molecule has 3 rings (SSSR count). The number of fused-ring (bicyclic) bond motifs is 1. The fourth-order valence-electron chi connectivity index (χ4n) is 1.94. The number of thiazole rings is 1. The van der Waals surface area contributed by atoms with Crippen molar-refractivity contribution in [3.8, 4) is 5.82 Å². The Hall–Kier alpha value is -0.660. The monoisotopic (exact) mass is 388 g/mol. The molecule has 0 radical (unpaired) electrons. The Morgan fingerprint density at radius 2 is 2.17 bits per heavy atom. The lowest BCUT2D eigenvalue weighted by Gasteiger charge is -2.03. The number of aromatic nitrogens is 4. The first-order valence-electron chi connectivity index (χ1n) is 5.36. The van der Waals surface area contributed by atoms with Crippen molar-refractivity contribution in [1.29, 1.82) is 0 Å². The quantitative estimate of drug-likeness (QED) is 0.624. The third-order valence-corrected chi connectivity index (χ3v) is 5.31. The average Bonchev–Trinajstić information content (AvgIpc) is 2.98. The Balaban J connectivity index is 2.30. The van der Waals surface area contributed by atoms with Crippen LogP contribution in [0.3, 0.4) is 0 Å². The first-order valence-corrected chi connectivity index (χ1v) is 8.15. The molecule has 94 valence electrons. The second-order valence-electron chi connectivity index (χ2n) is 3.97. The second-order valence-corrected chi connectivity index (χ2v) is 6.19. The third kappa shape index (κ3) is 1.68. The lowest BCUT2D eigenvalue weighted by molar-refractivity contribution is 0.804. The highest BCUT2D eigenvalue weighted by Crippen LogP contribution is 2.27. The third-order valence-electron chi connectivity index (χ3n) is 2.87. The van der Waals surface area contributed by atoms with Crippen LogP contribution in [0.25, 0.3) is 10.8 Å². The predicted molar refractivity (Wildman–Crippen MR) is 80.0 cm³/mol. The van der Waals surface area contributed by atoms with E-state index in [9.17, 15) is 0 Å². The van der Waals surface area contributed by atoms with Gasteiger partial charge in [-0.1, -0.05) is 15.9 Å². The van der Waals surface area contributed by atoms with Crippen molar-refractivity contribution in [1.82, 2.24) is 19.2 Å². The number of hydrogen-bond acceptors (Lipinski definition) is 3. The van der Waals surface area contributed by atoms with Gasteiger partial charge >= 0.3 is 0 Å². The van der Waals surface area contributed by atoms with Gasteiger partial charge in [-0.2, -0.15) is 10.1 Å². The molecule has 0 aliphatic rings. The second kappa shape index (κ2) is 4.47. The Bertz CT molecular complexity index is 725. The highest BCUT2D eigenvalue weighted by atomic mass is 79.9. The summed E-state index contributed by atoms with van der Waals surface area (Å²) in [5.74, 6) is 0.894. The van der Waals surface area contributed by atoms with Crippen LogP contribution in [0.5, 0.6) is 0 Å². The summed E-state index contributed by atoms with van der Waals surface area (Å²) in [4.78, 5) is 5.65. The lowest BCUT2D eigenvalue weighted by Crippen LogP contribution is -2.03. The molecule has 0 aromatic carbocycles. The number of rotatable bonds is 2. The van der Waals surface area contributed by atoms with E-state index in [1.54, 1.807) is 11.3 Å². The highest BCUT2D eigenvalue weighted by molar-refractivity contribution is 9.10. The van der Waals surface area contributed by atoms with E-state index < -0.39 is 0 Å². The maximum absolute atomic E-state index is 4.66. The number of aryl methyl sites for hydroxylation is 1. The van der Waals surface area contributed by atoms with Crippen LogP contribution in [0.4, 0.5) is 0 Å². The summed E-state index contributed by atoms with van der Waals surface area (Å²) in [5.41, 5.74) is 3.16. The largest absolute Gasteiger partial charge is 0.292 e. The van der Waals surface area contributed by atoms with Crippen LogP contribution in [0.15, 0.2) is 16.0 Å². The van der Waals surface area contributed by atoms with E-state index in [0.29, 0.717) is 0 Å². The molecule has 0 aliphatic heterocycles. The fraction of sp³-hybridized carbons (Fsp3) is 0.273. The molecule has 0 atom stereocenters. The van der Waals surface area contributed by atoms with Crippen LogP contribution in [-0.2, 0) is 5.33 Å². The Labute approximate surface area is 125 Å². The van der Waals surface area contributed by atoms with Gasteiger partial charge < -0.3 is 0 Å². The minimum atomic E-state index is 0.746. The molecule has 4 nitrogen and oxygen atoms in total. The molecule has 3 aromatic heterocycles. The maximum Gasteiger partial charge on any atom is 0.195 e. The van der Waals surface area contributed by atoms with Gasteiger partial charge in [-0.3, -0.25) is 4.40 Å². The average molecular weight is 390 g/mol. The standard InChI is InChI=1S/C11H10Br2N4S/c1-6-9(13)7(2)17(15-6)10-8(5-12)16-3-4-18-11(16)14-10/h3-4H,5H2,1-2H3.